The number of fused-ring (bicyclic) bond motifs is 4. The molecular weight excluding hydrogens is 516 g/mol. The number of benzene rings is 1. The minimum absolute atomic E-state index is 0.0109. The van der Waals surface area contributed by atoms with E-state index in [4.69, 9.17) is 25.8 Å². The van der Waals surface area contributed by atoms with Gasteiger partial charge in [-0.2, -0.15) is 0 Å². The van der Waals surface area contributed by atoms with Gasteiger partial charge in [0.05, 0.1) is 40.5 Å². The number of hydrogen-bond donors (Lipinski definition) is 0. The van der Waals surface area contributed by atoms with Crippen LogP contribution in [0, 0.1) is 5.41 Å². The Balaban J connectivity index is 1.15. The van der Waals surface area contributed by atoms with Crippen LogP contribution in [0.5, 0.6) is 5.75 Å². The molecule has 2 aliphatic carbocycles. The highest BCUT2D eigenvalue weighted by Crippen LogP contribution is 2.62. The lowest BCUT2D eigenvalue weighted by Crippen LogP contribution is -2.50. The molecule has 1 aromatic carbocycles. The average Bonchev–Trinajstić information content (AvgIpc) is 3.52. The number of rotatable bonds is 5. The summed E-state index contributed by atoms with van der Waals surface area (Å²) in [5.74, 6) is 0.841. The zero-order valence-corrected chi connectivity index (χ0v) is 23.2. The molecule has 3 aliphatic rings. The summed E-state index contributed by atoms with van der Waals surface area (Å²) in [5, 5.41) is 2.55. The molecule has 9 nitrogen and oxygen atoms in total. The molecule has 1 spiro atoms. The molecule has 2 saturated carbocycles. The molecule has 0 N–H and O–H groups in total. The SMILES string of the molecule is CN(C)/C=N/c1ncnc2c1ccn2[C@@H]1CC2(CC(Oc3ccc4cc(Cl)cnc4c3)C2)[C@H]2OC(C)(C)O[C@@H]12. The quantitative estimate of drug-likeness (QED) is 0.240. The summed E-state index contributed by atoms with van der Waals surface area (Å²) in [6.07, 6.45) is 9.85. The smallest absolute Gasteiger partial charge is 0.166 e. The summed E-state index contributed by atoms with van der Waals surface area (Å²) < 4.78 is 21.7. The number of hydrogen-bond acceptors (Lipinski definition) is 7. The Kier molecular flexibility index (Phi) is 5.63. The summed E-state index contributed by atoms with van der Waals surface area (Å²) in [6.45, 7) is 4.00. The highest BCUT2D eigenvalue weighted by Gasteiger charge is 2.66. The van der Waals surface area contributed by atoms with Gasteiger partial charge in [-0.05, 0) is 57.4 Å². The van der Waals surface area contributed by atoms with Crippen LogP contribution in [0.25, 0.3) is 21.9 Å². The molecule has 10 heteroatoms. The topological polar surface area (TPSA) is 86.9 Å². The Morgan fingerprint density at radius 3 is 2.77 bits per heavy atom. The van der Waals surface area contributed by atoms with E-state index >= 15 is 0 Å². The number of aromatic nitrogens is 4. The highest BCUT2D eigenvalue weighted by atomic mass is 35.5. The Hall–Kier alpha value is -3.27. The van der Waals surface area contributed by atoms with E-state index in [0.717, 1.165) is 46.9 Å². The Bertz CT molecular complexity index is 1590. The fraction of sp³-hybridized carbons (Fsp3) is 0.448. The second-order valence-electron chi connectivity index (χ2n) is 11.7. The van der Waals surface area contributed by atoms with Gasteiger partial charge in [0.15, 0.2) is 11.6 Å². The van der Waals surface area contributed by atoms with E-state index in [2.05, 4.69) is 30.7 Å². The Morgan fingerprint density at radius 2 is 1.95 bits per heavy atom. The standard InChI is InChI=1S/C29H31ClN6O3/c1-28(2)38-24-23(36-8-7-21-26(34-16-35(3)4)32-15-33-27(21)36)13-29(25(24)39-28)11-20(12-29)37-19-6-5-17-9-18(30)14-31-22(17)10-19/h5-10,14-16,20,23-25H,11-13H2,1-4H3/b34-16+/t20?,23-,24+,25+,29?/m1/s1. The van der Waals surface area contributed by atoms with Gasteiger partial charge in [-0.3, -0.25) is 4.98 Å². The first-order valence-electron chi connectivity index (χ1n) is 13.3. The lowest BCUT2D eigenvalue weighted by molar-refractivity contribution is -0.185. The van der Waals surface area contributed by atoms with Gasteiger partial charge in [-0.15, -0.1) is 0 Å². The van der Waals surface area contributed by atoms with E-state index in [1.807, 2.05) is 63.2 Å². The molecule has 4 aromatic rings. The minimum Gasteiger partial charge on any atom is -0.490 e. The van der Waals surface area contributed by atoms with E-state index < -0.39 is 5.79 Å². The van der Waals surface area contributed by atoms with Gasteiger partial charge < -0.3 is 23.7 Å². The maximum absolute atomic E-state index is 6.55. The van der Waals surface area contributed by atoms with Crippen molar-refractivity contribution < 1.29 is 14.2 Å². The van der Waals surface area contributed by atoms with Gasteiger partial charge in [0.1, 0.15) is 23.8 Å². The van der Waals surface area contributed by atoms with Crippen molar-refractivity contribution in [2.45, 2.75) is 63.3 Å². The maximum atomic E-state index is 6.55. The van der Waals surface area contributed by atoms with Crippen molar-refractivity contribution in [1.82, 2.24) is 24.4 Å². The predicted molar refractivity (Wildman–Crippen MR) is 150 cm³/mol. The Labute approximate surface area is 231 Å². The molecule has 7 rings (SSSR count). The summed E-state index contributed by atoms with van der Waals surface area (Å²) in [4.78, 5) is 19.9. The van der Waals surface area contributed by atoms with Gasteiger partial charge in [-0.1, -0.05) is 11.6 Å². The molecule has 3 aromatic heterocycles. The Morgan fingerprint density at radius 1 is 1.10 bits per heavy atom. The molecule has 1 aliphatic heterocycles. The van der Waals surface area contributed by atoms with Crippen LogP contribution in [0.4, 0.5) is 5.82 Å². The van der Waals surface area contributed by atoms with Crippen LogP contribution in [0.3, 0.4) is 0 Å². The van der Waals surface area contributed by atoms with Gasteiger partial charge in [-0.25, -0.2) is 15.0 Å². The minimum atomic E-state index is -0.642. The molecule has 4 heterocycles. The molecular formula is C29H31ClN6O3. The van der Waals surface area contributed by atoms with Crippen molar-refractivity contribution in [3.8, 4) is 5.75 Å². The normalized spacial score (nSPS) is 29.4. The third-order valence-corrected chi connectivity index (χ3v) is 8.38. The summed E-state index contributed by atoms with van der Waals surface area (Å²) >= 11 is 6.09. The van der Waals surface area contributed by atoms with E-state index in [1.165, 1.54) is 0 Å². The number of pyridine rings is 1. The van der Waals surface area contributed by atoms with Crippen LogP contribution in [-0.2, 0) is 9.47 Å². The van der Waals surface area contributed by atoms with Crippen molar-refractivity contribution in [3.63, 3.8) is 0 Å². The number of aliphatic imine (C=N–C) groups is 1. The molecule has 0 amide bonds. The molecule has 39 heavy (non-hydrogen) atoms. The number of ether oxygens (including phenoxy) is 3. The van der Waals surface area contributed by atoms with Crippen LogP contribution in [-0.4, -0.2) is 69.0 Å². The number of halogens is 1. The number of nitrogens with zero attached hydrogens (tertiary/aromatic N) is 6. The first-order valence-corrected chi connectivity index (χ1v) is 13.7. The van der Waals surface area contributed by atoms with E-state index in [-0.39, 0.29) is 29.8 Å². The lowest BCUT2D eigenvalue weighted by atomic mass is 9.64. The third kappa shape index (κ3) is 4.23. The largest absolute Gasteiger partial charge is 0.490 e. The van der Waals surface area contributed by atoms with Gasteiger partial charge in [0.2, 0.25) is 0 Å². The van der Waals surface area contributed by atoms with Crippen LogP contribution in [0.15, 0.2) is 54.0 Å². The fourth-order valence-electron chi connectivity index (χ4n) is 6.62. The molecule has 0 radical (unpaired) electrons. The maximum Gasteiger partial charge on any atom is 0.166 e. The monoisotopic (exact) mass is 546 g/mol. The molecule has 0 bridgehead atoms. The van der Waals surface area contributed by atoms with Gasteiger partial charge >= 0.3 is 0 Å². The first-order chi connectivity index (χ1) is 18.7. The van der Waals surface area contributed by atoms with Crippen molar-refractivity contribution in [1.29, 1.82) is 0 Å². The first kappa shape index (κ1) is 24.7. The van der Waals surface area contributed by atoms with Crippen LogP contribution in [0.1, 0.15) is 39.2 Å². The van der Waals surface area contributed by atoms with E-state index in [0.29, 0.717) is 10.8 Å². The summed E-state index contributed by atoms with van der Waals surface area (Å²) in [7, 11) is 3.87. The van der Waals surface area contributed by atoms with Crippen LogP contribution >= 0.6 is 11.6 Å². The fourth-order valence-corrected chi connectivity index (χ4v) is 6.78. The third-order valence-electron chi connectivity index (χ3n) is 8.18. The zero-order chi connectivity index (χ0) is 26.9. The van der Waals surface area contributed by atoms with E-state index in [9.17, 15) is 0 Å². The molecule has 3 fully saturated rings. The second-order valence-corrected chi connectivity index (χ2v) is 12.1. The van der Waals surface area contributed by atoms with E-state index in [1.54, 1.807) is 18.9 Å². The highest BCUT2D eigenvalue weighted by molar-refractivity contribution is 6.31. The van der Waals surface area contributed by atoms with Crippen molar-refractivity contribution in [2.75, 3.05) is 14.1 Å². The summed E-state index contributed by atoms with van der Waals surface area (Å²) in [6, 6.07) is 10.0. The van der Waals surface area contributed by atoms with Crippen LogP contribution in [0.2, 0.25) is 5.02 Å². The molecule has 1 saturated heterocycles. The zero-order valence-electron chi connectivity index (χ0n) is 22.4. The lowest BCUT2D eigenvalue weighted by Gasteiger charge is -2.48. The molecule has 202 valence electrons. The molecule has 0 unspecified atom stereocenters. The second kappa shape index (κ2) is 8.87. The predicted octanol–water partition coefficient (Wildman–Crippen LogP) is 5.55. The molecule has 3 atom stereocenters. The van der Waals surface area contributed by atoms with Gasteiger partial charge in [0.25, 0.3) is 0 Å². The van der Waals surface area contributed by atoms with Crippen molar-refractivity contribution in [3.05, 3.63) is 54.1 Å². The van der Waals surface area contributed by atoms with Crippen LogP contribution < -0.4 is 4.74 Å². The van der Waals surface area contributed by atoms with Crippen molar-refractivity contribution in [2.24, 2.45) is 10.4 Å². The van der Waals surface area contributed by atoms with Crippen molar-refractivity contribution >= 4 is 45.7 Å². The summed E-state index contributed by atoms with van der Waals surface area (Å²) in [5.41, 5.74) is 1.71. The van der Waals surface area contributed by atoms with Gasteiger partial charge in [0, 0.05) is 43.4 Å². The average molecular weight is 547 g/mol.